The molecular formula is C50H40N2. The molecule has 7 aromatic carbocycles. The lowest BCUT2D eigenvalue weighted by atomic mass is 9.72. The lowest BCUT2D eigenvalue weighted by Gasteiger charge is -2.36. The van der Waals surface area contributed by atoms with Gasteiger partial charge in [0.2, 0.25) is 0 Å². The van der Waals surface area contributed by atoms with E-state index < -0.39 is 0 Å². The van der Waals surface area contributed by atoms with E-state index in [0.717, 1.165) is 5.56 Å². The number of aromatic nitrogens is 1. The van der Waals surface area contributed by atoms with Crippen LogP contribution in [-0.4, -0.2) is 11.0 Å². The highest BCUT2D eigenvalue weighted by Crippen LogP contribution is 2.54. The average molecular weight is 669 g/mol. The molecule has 0 spiro atoms. The molecule has 1 aliphatic heterocycles. The Labute approximate surface area is 305 Å². The Bertz CT molecular complexity index is 2700. The number of anilines is 2. The number of hydrogen-bond donors (Lipinski definition) is 0. The number of allylic oxidation sites excluding steroid dienone is 2. The van der Waals surface area contributed by atoms with Gasteiger partial charge >= 0.3 is 0 Å². The summed E-state index contributed by atoms with van der Waals surface area (Å²) in [6, 6.07) is 49.8. The van der Waals surface area contributed by atoms with E-state index in [0.29, 0.717) is 0 Å². The van der Waals surface area contributed by atoms with Crippen LogP contribution < -0.4 is 4.90 Å². The van der Waals surface area contributed by atoms with Gasteiger partial charge in [-0.05, 0) is 120 Å². The van der Waals surface area contributed by atoms with Gasteiger partial charge in [-0.25, -0.2) is 0 Å². The van der Waals surface area contributed by atoms with Crippen LogP contribution in [0.4, 0.5) is 11.4 Å². The summed E-state index contributed by atoms with van der Waals surface area (Å²) in [5.74, 6) is 0. The zero-order chi connectivity index (χ0) is 35.2. The second kappa shape index (κ2) is 11.3. The highest BCUT2D eigenvalue weighted by molar-refractivity contribution is 6.27. The Morgan fingerprint density at radius 3 is 2.04 bits per heavy atom. The lowest BCUT2D eigenvalue weighted by molar-refractivity contribution is 0.553. The maximum atomic E-state index is 4.36. The summed E-state index contributed by atoms with van der Waals surface area (Å²) < 4.78 is 0. The minimum Gasteiger partial charge on any atom is -0.333 e. The van der Waals surface area contributed by atoms with Gasteiger partial charge in [0.25, 0.3) is 0 Å². The Hall–Kier alpha value is -5.99. The molecule has 0 N–H and O–H groups in total. The first-order valence-electron chi connectivity index (χ1n) is 18.4. The third-order valence-corrected chi connectivity index (χ3v) is 11.7. The first-order valence-corrected chi connectivity index (χ1v) is 18.4. The number of hydrogen-bond acceptors (Lipinski definition) is 2. The van der Waals surface area contributed by atoms with Crippen LogP contribution in [0.1, 0.15) is 44.4 Å². The maximum Gasteiger partial charge on any atom is 0.0655 e. The molecule has 0 fully saturated rings. The number of fused-ring (bicyclic) bond motifs is 3. The Kier molecular flexibility index (Phi) is 6.67. The standard InChI is InChI=1S/C50H40N2/c1-49(2,3)38-27-34-20-23-40-42(33-18-16-32(17-19-33)37-11-10-26-51-31-37)29-43(41-24-21-35(28-38)47(34)48(40)41)36-22-25-46-50(4,30-36)44-14-8-9-15-45(44)52(46)39-12-6-5-7-13-39/h5-31,46H,1-4H3/t46?,50-/m0/s1. The highest BCUT2D eigenvalue weighted by atomic mass is 15.2. The van der Waals surface area contributed by atoms with Crippen LogP contribution in [0.3, 0.4) is 0 Å². The van der Waals surface area contributed by atoms with Gasteiger partial charge in [0.1, 0.15) is 0 Å². The van der Waals surface area contributed by atoms with Gasteiger partial charge in [-0.3, -0.25) is 4.98 Å². The molecule has 2 aliphatic rings. The fourth-order valence-electron chi connectivity index (χ4n) is 8.99. The molecule has 0 saturated heterocycles. The molecule has 1 unspecified atom stereocenters. The zero-order valence-corrected chi connectivity index (χ0v) is 30.1. The SMILES string of the molecule is CC(C)(C)c1cc2ccc3c(C4=C[C@@]5(C)c6ccccc6N(c6ccccc6)C5C=C4)cc(-c4ccc(-c5cccnc5)cc4)c4ccc(c1)c2c34. The van der Waals surface area contributed by atoms with Gasteiger partial charge in [0.05, 0.1) is 6.04 Å². The number of benzene rings is 7. The lowest BCUT2D eigenvalue weighted by Crippen LogP contribution is -2.39. The van der Waals surface area contributed by atoms with Crippen LogP contribution in [0, 0.1) is 0 Å². The van der Waals surface area contributed by atoms with Crippen molar-refractivity contribution in [2.75, 3.05) is 4.90 Å². The molecule has 0 saturated carbocycles. The van der Waals surface area contributed by atoms with Gasteiger partial charge in [0.15, 0.2) is 0 Å². The fraction of sp³-hybridized carbons (Fsp3) is 0.140. The van der Waals surface area contributed by atoms with Crippen molar-refractivity contribution in [3.63, 3.8) is 0 Å². The quantitative estimate of drug-likeness (QED) is 0.174. The minimum atomic E-state index is -0.215. The smallest absolute Gasteiger partial charge is 0.0655 e. The van der Waals surface area contributed by atoms with E-state index in [4.69, 9.17) is 0 Å². The van der Waals surface area contributed by atoms with Crippen LogP contribution in [0.25, 0.3) is 60.1 Å². The molecule has 2 atom stereocenters. The van der Waals surface area contributed by atoms with Crippen molar-refractivity contribution in [2.24, 2.45) is 0 Å². The third-order valence-electron chi connectivity index (χ3n) is 11.7. The first kappa shape index (κ1) is 30.8. The van der Waals surface area contributed by atoms with Crippen molar-refractivity contribution in [3.8, 4) is 22.3 Å². The minimum absolute atomic E-state index is 0.0612. The largest absolute Gasteiger partial charge is 0.333 e. The van der Waals surface area contributed by atoms with E-state index in [2.05, 4.69) is 183 Å². The monoisotopic (exact) mass is 668 g/mol. The molecule has 52 heavy (non-hydrogen) atoms. The second-order valence-electron chi connectivity index (χ2n) is 15.8. The van der Waals surface area contributed by atoms with Crippen LogP contribution in [-0.2, 0) is 10.8 Å². The Balaban J connectivity index is 1.21. The molecule has 1 aromatic heterocycles. The summed E-state index contributed by atoms with van der Waals surface area (Å²) in [5.41, 5.74) is 12.4. The third kappa shape index (κ3) is 4.60. The van der Waals surface area contributed by atoms with Crippen LogP contribution in [0.2, 0.25) is 0 Å². The summed E-state index contributed by atoms with van der Waals surface area (Å²) in [6.45, 7) is 9.34. The zero-order valence-electron chi connectivity index (χ0n) is 30.1. The van der Waals surface area contributed by atoms with Gasteiger partial charge in [-0.1, -0.05) is 142 Å². The molecule has 2 heteroatoms. The van der Waals surface area contributed by atoms with Crippen LogP contribution in [0.15, 0.2) is 164 Å². The van der Waals surface area contributed by atoms with E-state index in [-0.39, 0.29) is 16.9 Å². The fourth-order valence-corrected chi connectivity index (χ4v) is 8.99. The van der Waals surface area contributed by atoms with Crippen molar-refractivity contribution in [1.82, 2.24) is 4.98 Å². The van der Waals surface area contributed by atoms with Gasteiger partial charge in [0, 0.05) is 29.2 Å². The van der Waals surface area contributed by atoms with E-state index in [1.807, 2.05) is 18.5 Å². The summed E-state index contributed by atoms with van der Waals surface area (Å²) in [6.07, 6.45) is 11.1. The molecule has 8 aromatic rings. The molecule has 1 aliphatic carbocycles. The van der Waals surface area contributed by atoms with Gasteiger partial charge in [-0.2, -0.15) is 0 Å². The molecular weight excluding hydrogens is 629 g/mol. The molecule has 250 valence electrons. The van der Waals surface area contributed by atoms with E-state index >= 15 is 0 Å². The van der Waals surface area contributed by atoms with E-state index in [1.165, 1.54) is 82.6 Å². The predicted molar refractivity (Wildman–Crippen MR) is 221 cm³/mol. The maximum absolute atomic E-state index is 4.36. The molecule has 0 amide bonds. The van der Waals surface area contributed by atoms with E-state index in [9.17, 15) is 0 Å². The van der Waals surface area contributed by atoms with Gasteiger partial charge in [-0.15, -0.1) is 0 Å². The topological polar surface area (TPSA) is 16.1 Å². The second-order valence-corrected chi connectivity index (χ2v) is 15.8. The van der Waals surface area contributed by atoms with Crippen molar-refractivity contribution in [3.05, 3.63) is 181 Å². The van der Waals surface area contributed by atoms with Gasteiger partial charge < -0.3 is 4.90 Å². The van der Waals surface area contributed by atoms with Crippen molar-refractivity contribution in [1.29, 1.82) is 0 Å². The number of pyridine rings is 1. The van der Waals surface area contributed by atoms with E-state index in [1.54, 1.807) is 0 Å². The first-order chi connectivity index (χ1) is 25.3. The summed E-state index contributed by atoms with van der Waals surface area (Å²) in [7, 11) is 0. The molecule has 2 nitrogen and oxygen atoms in total. The molecule has 10 rings (SSSR count). The molecule has 0 radical (unpaired) electrons. The highest BCUT2D eigenvalue weighted by Gasteiger charge is 2.47. The summed E-state index contributed by atoms with van der Waals surface area (Å²) >= 11 is 0. The van der Waals surface area contributed by atoms with Crippen molar-refractivity contribution < 1.29 is 0 Å². The average Bonchev–Trinajstić information content (AvgIpc) is 3.44. The Morgan fingerprint density at radius 2 is 1.33 bits per heavy atom. The summed E-state index contributed by atoms with van der Waals surface area (Å²) in [4.78, 5) is 6.88. The van der Waals surface area contributed by atoms with Crippen molar-refractivity contribution >= 4 is 49.3 Å². The number of rotatable bonds is 4. The van der Waals surface area contributed by atoms with Crippen LogP contribution in [0.5, 0.6) is 0 Å². The normalized spacial score (nSPS) is 18.3. The summed E-state index contributed by atoms with van der Waals surface area (Å²) in [5, 5.41) is 7.90. The van der Waals surface area contributed by atoms with Crippen LogP contribution >= 0.6 is 0 Å². The van der Waals surface area contributed by atoms with Crippen molar-refractivity contribution in [2.45, 2.75) is 44.6 Å². The number of nitrogens with zero attached hydrogens (tertiary/aromatic N) is 2. The Morgan fingerprint density at radius 1 is 0.635 bits per heavy atom. The predicted octanol–water partition coefficient (Wildman–Crippen LogP) is 13.0. The number of para-hydroxylation sites is 2. The molecule has 0 bridgehead atoms. The molecule has 2 heterocycles.